The van der Waals surface area contributed by atoms with Crippen LogP contribution in [0.4, 0.5) is 13.2 Å². The molecule has 1 atom stereocenters. The van der Waals surface area contributed by atoms with Gasteiger partial charge in [0.05, 0.1) is 17.1 Å². The van der Waals surface area contributed by atoms with Gasteiger partial charge in [0.2, 0.25) is 5.91 Å². The number of nitrogens with zero attached hydrogens (tertiary/aromatic N) is 6. The molecule has 1 aromatic carbocycles. The highest BCUT2D eigenvalue weighted by Gasteiger charge is 2.42. The van der Waals surface area contributed by atoms with Gasteiger partial charge in [-0.05, 0) is 25.8 Å². The molecule has 3 aromatic rings. The minimum absolute atomic E-state index is 0.156. The van der Waals surface area contributed by atoms with E-state index in [0.29, 0.717) is 43.8 Å². The number of aryl methyl sites for hydroxylation is 1. The number of thiazole rings is 1. The molecule has 0 spiro atoms. The fraction of sp³-hybridized carbons (Fsp3) is 0.400. The Morgan fingerprint density at radius 3 is 2.65 bits per heavy atom. The predicted molar refractivity (Wildman–Crippen MR) is 129 cm³/mol. The van der Waals surface area contributed by atoms with Crippen molar-refractivity contribution in [2.75, 3.05) is 13.1 Å². The van der Waals surface area contributed by atoms with Crippen molar-refractivity contribution in [2.45, 2.75) is 50.4 Å². The van der Waals surface area contributed by atoms with Crippen LogP contribution in [0.3, 0.4) is 0 Å². The lowest BCUT2D eigenvalue weighted by Crippen LogP contribution is -2.40. The van der Waals surface area contributed by atoms with E-state index in [1.165, 1.54) is 18.3 Å². The first-order chi connectivity index (χ1) is 17.7. The topological polar surface area (TPSA) is 96.4 Å². The summed E-state index contributed by atoms with van der Waals surface area (Å²) in [5.74, 6) is -0.103. The average Bonchev–Trinajstić information content (AvgIpc) is 3.64. The first kappa shape index (κ1) is 25.0. The fourth-order valence-corrected chi connectivity index (χ4v) is 5.58. The maximum atomic E-state index is 12.9. The first-order valence-corrected chi connectivity index (χ1v) is 12.6. The maximum absolute atomic E-state index is 12.9. The number of alkyl halides is 3. The number of amides is 1. The number of hydrogen-bond donors (Lipinski definition) is 0. The van der Waals surface area contributed by atoms with Gasteiger partial charge in [-0.3, -0.25) is 9.48 Å². The zero-order valence-corrected chi connectivity index (χ0v) is 20.7. The Labute approximate surface area is 215 Å². The van der Waals surface area contributed by atoms with Crippen LogP contribution in [0.2, 0.25) is 0 Å². The largest absolute Gasteiger partial charge is 0.435 e. The minimum atomic E-state index is -4.54. The number of rotatable bonds is 5. The van der Waals surface area contributed by atoms with Crippen molar-refractivity contribution in [2.24, 2.45) is 5.16 Å². The quantitative estimate of drug-likeness (QED) is 0.482. The molecule has 192 valence electrons. The minimum Gasteiger partial charge on any atom is -0.368 e. The van der Waals surface area contributed by atoms with Crippen molar-refractivity contribution in [3.05, 3.63) is 69.4 Å². The van der Waals surface area contributed by atoms with Crippen molar-refractivity contribution in [3.63, 3.8) is 0 Å². The van der Waals surface area contributed by atoms with Crippen molar-refractivity contribution < 1.29 is 22.8 Å². The molecule has 2 aromatic heterocycles. The fourth-order valence-electron chi connectivity index (χ4n) is 4.58. The summed E-state index contributed by atoms with van der Waals surface area (Å²) in [5.41, 5.74) is 0.166. The Morgan fingerprint density at radius 1 is 1.27 bits per heavy atom. The Kier molecular flexibility index (Phi) is 6.49. The van der Waals surface area contributed by atoms with E-state index >= 15 is 0 Å². The summed E-state index contributed by atoms with van der Waals surface area (Å²) in [7, 11) is 0. The highest BCUT2D eigenvalue weighted by atomic mass is 32.1. The third-order valence-corrected chi connectivity index (χ3v) is 7.73. The van der Waals surface area contributed by atoms with Crippen LogP contribution < -0.4 is 0 Å². The molecule has 1 fully saturated rings. The zero-order chi connectivity index (χ0) is 26.2. The van der Waals surface area contributed by atoms with Gasteiger partial charge in [-0.1, -0.05) is 35.5 Å². The zero-order valence-electron chi connectivity index (χ0n) is 19.9. The lowest BCUT2D eigenvalue weighted by atomic mass is 9.90. The summed E-state index contributed by atoms with van der Waals surface area (Å²) < 4.78 is 39.8. The Morgan fingerprint density at radius 2 is 2.00 bits per heavy atom. The Hall–Kier alpha value is -3.72. The van der Waals surface area contributed by atoms with Gasteiger partial charge in [-0.15, -0.1) is 11.3 Å². The van der Waals surface area contributed by atoms with Gasteiger partial charge in [0.25, 0.3) is 5.60 Å². The summed E-state index contributed by atoms with van der Waals surface area (Å²) in [6.07, 6.45) is -2.86. The lowest BCUT2D eigenvalue weighted by Gasteiger charge is -2.31. The highest BCUT2D eigenvalue weighted by Crippen LogP contribution is 2.37. The molecule has 1 amide bonds. The van der Waals surface area contributed by atoms with Crippen LogP contribution >= 0.6 is 11.3 Å². The second kappa shape index (κ2) is 9.63. The van der Waals surface area contributed by atoms with Crippen molar-refractivity contribution in [1.82, 2.24) is 19.7 Å². The second-order valence-corrected chi connectivity index (χ2v) is 10.1. The smallest absolute Gasteiger partial charge is 0.368 e. The van der Waals surface area contributed by atoms with Crippen molar-refractivity contribution >= 4 is 23.0 Å². The van der Waals surface area contributed by atoms with E-state index in [1.807, 2.05) is 35.7 Å². The van der Waals surface area contributed by atoms with Gasteiger partial charge >= 0.3 is 6.18 Å². The van der Waals surface area contributed by atoms with Gasteiger partial charge in [0.15, 0.2) is 5.69 Å². The number of aromatic nitrogens is 3. The summed E-state index contributed by atoms with van der Waals surface area (Å²) in [5, 5.41) is 20.4. The number of piperidine rings is 1. The number of halogens is 3. The van der Waals surface area contributed by atoms with E-state index in [-0.39, 0.29) is 24.1 Å². The molecule has 2 aliphatic rings. The van der Waals surface area contributed by atoms with Gasteiger partial charge in [-0.25, -0.2) is 4.98 Å². The monoisotopic (exact) mass is 528 g/mol. The maximum Gasteiger partial charge on any atom is 0.435 e. The van der Waals surface area contributed by atoms with E-state index in [0.717, 1.165) is 21.3 Å². The number of benzene rings is 1. The number of carbonyl (C=O) groups excluding carboxylic acids is 1. The number of likely N-dealkylation sites (tertiary alicyclic amines) is 1. The molecule has 0 bridgehead atoms. The average molecular weight is 529 g/mol. The SMILES string of the molecule is Cc1cc(C(F)(F)F)nn1CC(=O)N1CCC(c2nc(C3=NO[C@@](C#N)(c4ccccc4)C3)cs2)CC1. The molecule has 1 saturated heterocycles. The molecule has 0 radical (unpaired) electrons. The van der Waals surface area contributed by atoms with Crippen LogP contribution in [0.5, 0.6) is 0 Å². The number of hydrogen-bond acceptors (Lipinski definition) is 7. The predicted octanol–water partition coefficient (Wildman–Crippen LogP) is 4.62. The molecule has 0 aliphatic carbocycles. The van der Waals surface area contributed by atoms with Gasteiger partial charge < -0.3 is 9.74 Å². The van der Waals surface area contributed by atoms with Gasteiger partial charge in [0.1, 0.15) is 18.3 Å². The van der Waals surface area contributed by atoms with Crippen LogP contribution in [0.15, 0.2) is 46.9 Å². The van der Waals surface area contributed by atoms with Crippen molar-refractivity contribution in [1.29, 1.82) is 5.26 Å². The normalized spacial score (nSPS) is 20.4. The molecular weight excluding hydrogens is 505 g/mol. The van der Waals surface area contributed by atoms with Crippen LogP contribution in [0.1, 0.15) is 52.8 Å². The molecule has 37 heavy (non-hydrogen) atoms. The molecule has 0 saturated carbocycles. The molecule has 12 heteroatoms. The number of oxime groups is 1. The summed E-state index contributed by atoms with van der Waals surface area (Å²) in [6, 6.07) is 12.4. The highest BCUT2D eigenvalue weighted by molar-refractivity contribution is 7.10. The molecule has 8 nitrogen and oxygen atoms in total. The van der Waals surface area contributed by atoms with Crippen molar-refractivity contribution in [3.8, 4) is 6.07 Å². The van der Waals surface area contributed by atoms with E-state index in [1.54, 1.807) is 4.90 Å². The van der Waals surface area contributed by atoms with E-state index in [9.17, 15) is 23.2 Å². The Balaban J connectivity index is 1.18. The first-order valence-electron chi connectivity index (χ1n) is 11.8. The summed E-state index contributed by atoms with van der Waals surface area (Å²) in [6.45, 7) is 2.25. The Bertz CT molecular complexity index is 1370. The van der Waals surface area contributed by atoms with E-state index < -0.39 is 17.5 Å². The second-order valence-electron chi connectivity index (χ2n) is 9.16. The summed E-state index contributed by atoms with van der Waals surface area (Å²) in [4.78, 5) is 24.7. The molecule has 0 N–H and O–H groups in total. The number of nitriles is 1. The molecular formula is C25H23F3N6O2S. The van der Waals surface area contributed by atoms with E-state index in [2.05, 4.69) is 16.3 Å². The lowest BCUT2D eigenvalue weighted by molar-refractivity contribution is -0.142. The van der Waals surface area contributed by atoms with E-state index in [4.69, 9.17) is 9.82 Å². The standard InChI is InChI=1S/C25H23F3N6O2S/c1-16-11-21(25(26,27)28)31-34(16)13-22(35)33-9-7-17(8-10-33)23-30-20(14-37-23)19-12-24(15-29,36-32-19)18-5-3-2-4-6-18/h2-6,11,14,17H,7-10,12-13H2,1H3/t24-/m0/s1. The van der Waals surface area contributed by atoms with Gasteiger partial charge in [0, 0.05) is 35.6 Å². The van der Waals surface area contributed by atoms with Crippen LogP contribution in [-0.2, 0) is 28.0 Å². The molecule has 0 unspecified atom stereocenters. The molecule has 4 heterocycles. The van der Waals surface area contributed by atoms with Crippen LogP contribution in [-0.4, -0.2) is 44.4 Å². The molecule has 2 aliphatic heterocycles. The third-order valence-electron chi connectivity index (χ3n) is 6.72. The summed E-state index contributed by atoms with van der Waals surface area (Å²) >= 11 is 1.51. The third kappa shape index (κ3) is 4.96. The van der Waals surface area contributed by atoms with Crippen LogP contribution in [0, 0.1) is 18.3 Å². The number of carbonyl (C=O) groups is 1. The van der Waals surface area contributed by atoms with Gasteiger partial charge in [-0.2, -0.15) is 23.5 Å². The molecule has 5 rings (SSSR count). The van der Waals surface area contributed by atoms with Crippen LogP contribution in [0.25, 0.3) is 0 Å².